The Kier molecular flexibility index (Phi) is 11.4. The molecular weight excluding hydrogens is 790 g/mol. The van der Waals surface area contributed by atoms with Crippen molar-refractivity contribution >= 4 is 57.2 Å². The number of halogens is 3. The van der Waals surface area contributed by atoms with Gasteiger partial charge in [0.1, 0.15) is 11.5 Å². The highest BCUT2D eigenvalue weighted by molar-refractivity contribution is 8.01. The molecule has 2 N–H and O–H groups in total. The molecule has 0 radical (unpaired) electrons. The van der Waals surface area contributed by atoms with E-state index in [1.54, 1.807) is 24.3 Å². The van der Waals surface area contributed by atoms with E-state index < -0.39 is 37.6 Å². The molecule has 0 saturated heterocycles. The molecule has 4 aromatic rings. The fourth-order valence-electron chi connectivity index (χ4n) is 5.36. The Morgan fingerprint density at radius 1 is 0.463 bits per heavy atom. The van der Waals surface area contributed by atoms with E-state index in [9.17, 15) is 31.8 Å². The number of phenols is 2. The van der Waals surface area contributed by atoms with Crippen LogP contribution in [-0.2, 0) is 31.8 Å². The van der Waals surface area contributed by atoms with Crippen LogP contribution in [0.4, 0.5) is 13.2 Å². The third kappa shape index (κ3) is 9.33. The number of alkyl halides is 3. The molecule has 0 aliphatic carbocycles. The molecule has 8 bridgehead atoms. The lowest BCUT2D eigenvalue weighted by Gasteiger charge is -2.26. The number of aromatic hydroxyl groups is 2. The number of benzene rings is 4. The lowest BCUT2D eigenvalue weighted by atomic mass is 9.87. The monoisotopic (exact) mass is 836 g/mol. The average Bonchev–Trinajstić information content (AvgIpc) is 2.99. The minimum atomic E-state index is -6.14. The Balaban J connectivity index is 1.94. The Morgan fingerprint density at radius 2 is 0.741 bits per heavy atom. The topological polar surface area (TPSA) is 83.8 Å². The lowest BCUT2D eigenvalue weighted by molar-refractivity contribution is -0.0501. The number of fused-ring (bicyclic) bond motifs is 8. The van der Waals surface area contributed by atoms with Gasteiger partial charge in [-0.2, -0.15) is 21.6 Å². The zero-order valence-corrected chi connectivity index (χ0v) is 36.6. The molecule has 1 heterocycles. The van der Waals surface area contributed by atoms with Gasteiger partial charge in [0.15, 0.2) is 5.75 Å². The van der Waals surface area contributed by atoms with Gasteiger partial charge in [0, 0.05) is 9.79 Å². The van der Waals surface area contributed by atoms with Gasteiger partial charge in [-0.05, 0) is 98.5 Å². The van der Waals surface area contributed by atoms with Crippen molar-refractivity contribution in [3.05, 3.63) is 76.9 Å². The first kappa shape index (κ1) is 42.6. The largest absolute Gasteiger partial charge is 0.534 e. The summed E-state index contributed by atoms with van der Waals surface area (Å²) in [6, 6.07) is 16.8. The molecule has 1 aliphatic heterocycles. The SMILES string of the molecule is CC(C)(C)c1cc2cc(c1)Sc1cc(C(C)(C)C)cc(c1O)Sc1cc(C(C)(C)C)cc(c1OS(=O)(=O)C(F)(F)F)Sc1cc(C(C)(C)C)cc(c1O)S2. The maximum absolute atomic E-state index is 14.0. The van der Waals surface area contributed by atoms with Gasteiger partial charge in [-0.3, -0.25) is 0 Å². The number of hydrogen-bond donors (Lipinski definition) is 2. The van der Waals surface area contributed by atoms with Crippen molar-refractivity contribution in [2.24, 2.45) is 0 Å². The van der Waals surface area contributed by atoms with E-state index >= 15 is 0 Å². The van der Waals surface area contributed by atoms with E-state index in [1.165, 1.54) is 23.5 Å². The molecule has 0 atom stereocenters. The van der Waals surface area contributed by atoms with Crippen LogP contribution in [0.5, 0.6) is 17.2 Å². The van der Waals surface area contributed by atoms with Crippen LogP contribution in [0.2, 0.25) is 0 Å². The molecule has 5 nitrogen and oxygen atoms in total. The predicted octanol–water partition coefficient (Wildman–Crippen LogP) is 13.4. The molecule has 0 aromatic heterocycles. The van der Waals surface area contributed by atoms with E-state index in [1.807, 2.05) is 80.5 Å². The summed E-state index contributed by atoms with van der Waals surface area (Å²) in [7, 11) is -6.14. The molecule has 4 aromatic carbocycles. The number of rotatable bonds is 2. The first-order valence-corrected chi connectivity index (χ1v) is 21.9. The molecule has 0 spiro atoms. The zero-order valence-electron chi connectivity index (χ0n) is 32.5. The van der Waals surface area contributed by atoms with E-state index in [2.05, 4.69) is 32.9 Å². The Hall–Kier alpha value is -2.58. The van der Waals surface area contributed by atoms with Crippen molar-refractivity contribution < 1.29 is 36.0 Å². The molecule has 0 saturated carbocycles. The first-order chi connectivity index (χ1) is 24.4. The van der Waals surface area contributed by atoms with Gasteiger partial charge in [-0.25, -0.2) is 0 Å². The second-order valence-electron chi connectivity index (χ2n) is 17.5. The summed E-state index contributed by atoms with van der Waals surface area (Å²) in [5.41, 5.74) is -3.85. The van der Waals surface area contributed by atoms with Gasteiger partial charge >= 0.3 is 15.6 Å². The summed E-state index contributed by atoms with van der Waals surface area (Å²) in [6.07, 6.45) is 0. The van der Waals surface area contributed by atoms with Gasteiger partial charge in [0.05, 0.1) is 29.4 Å². The quantitative estimate of drug-likeness (QED) is 0.133. The van der Waals surface area contributed by atoms with Gasteiger partial charge in [0.2, 0.25) is 0 Å². The van der Waals surface area contributed by atoms with E-state index in [-0.39, 0.29) is 26.7 Å². The fourth-order valence-corrected chi connectivity index (χ4v) is 10.4. The van der Waals surface area contributed by atoms with Crippen LogP contribution in [-0.4, -0.2) is 24.1 Å². The summed E-state index contributed by atoms with van der Waals surface area (Å²) in [5, 5.41) is 23.9. The third-order valence-corrected chi connectivity index (χ3v) is 13.9. The third-order valence-electron chi connectivity index (χ3n) is 8.82. The van der Waals surface area contributed by atoms with Crippen LogP contribution in [0, 0.1) is 0 Å². The Morgan fingerprint density at radius 3 is 1.04 bits per heavy atom. The molecule has 0 fully saturated rings. The fraction of sp³-hybridized carbons (Fsp3) is 0.415. The van der Waals surface area contributed by atoms with Gasteiger partial charge in [0.25, 0.3) is 0 Å². The highest BCUT2D eigenvalue weighted by atomic mass is 32.2. The highest BCUT2D eigenvalue weighted by Crippen LogP contribution is 2.54. The lowest BCUT2D eigenvalue weighted by Crippen LogP contribution is -2.28. The van der Waals surface area contributed by atoms with E-state index in [4.69, 9.17) is 4.18 Å². The number of phenolic OH excluding ortho intramolecular Hbond substituents is 2. The second kappa shape index (κ2) is 14.4. The minimum absolute atomic E-state index is 0.0558. The predicted molar refractivity (Wildman–Crippen MR) is 216 cm³/mol. The van der Waals surface area contributed by atoms with Crippen LogP contribution in [0.3, 0.4) is 0 Å². The van der Waals surface area contributed by atoms with Crippen molar-refractivity contribution in [1.82, 2.24) is 0 Å². The molecule has 13 heteroatoms. The van der Waals surface area contributed by atoms with Crippen LogP contribution in [0.25, 0.3) is 0 Å². The Labute approximate surface area is 334 Å². The summed E-state index contributed by atoms with van der Waals surface area (Å²) >= 11 is 4.58. The first-order valence-electron chi connectivity index (χ1n) is 17.3. The second-order valence-corrected chi connectivity index (χ2v) is 23.5. The van der Waals surface area contributed by atoms with Crippen LogP contribution >= 0.6 is 47.0 Å². The van der Waals surface area contributed by atoms with Crippen LogP contribution in [0.1, 0.15) is 105 Å². The van der Waals surface area contributed by atoms with Crippen LogP contribution in [0.15, 0.2) is 93.8 Å². The molecule has 0 unspecified atom stereocenters. The van der Waals surface area contributed by atoms with Crippen molar-refractivity contribution in [3.8, 4) is 17.2 Å². The molecule has 292 valence electrons. The van der Waals surface area contributed by atoms with Gasteiger partial charge in [-0.15, -0.1) is 0 Å². The number of hydrogen-bond acceptors (Lipinski definition) is 9. The summed E-state index contributed by atoms with van der Waals surface area (Å²) in [6.45, 7) is 24.3. The molecular formula is C41H47F3O5S5. The van der Waals surface area contributed by atoms with E-state index in [0.29, 0.717) is 25.1 Å². The summed E-state index contributed by atoms with van der Waals surface area (Å²) < 4.78 is 72.7. The minimum Gasteiger partial charge on any atom is -0.506 e. The summed E-state index contributed by atoms with van der Waals surface area (Å²) in [4.78, 5) is 3.46. The maximum atomic E-state index is 14.0. The molecule has 1 aliphatic rings. The smallest absolute Gasteiger partial charge is 0.506 e. The Bertz CT molecular complexity index is 2110. The van der Waals surface area contributed by atoms with Gasteiger partial charge in [-0.1, -0.05) is 130 Å². The van der Waals surface area contributed by atoms with Crippen molar-refractivity contribution in [1.29, 1.82) is 0 Å². The average molecular weight is 837 g/mol. The van der Waals surface area contributed by atoms with Crippen molar-refractivity contribution in [2.75, 3.05) is 0 Å². The maximum Gasteiger partial charge on any atom is 0.534 e. The summed E-state index contributed by atoms with van der Waals surface area (Å²) in [5.74, 6) is -0.747. The van der Waals surface area contributed by atoms with E-state index in [0.717, 1.165) is 50.0 Å². The molecule has 5 rings (SSSR count). The van der Waals surface area contributed by atoms with Crippen molar-refractivity contribution in [3.63, 3.8) is 0 Å². The van der Waals surface area contributed by atoms with Crippen LogP contribution < -0.4 is 4.18 Å². The molecule has 54 heavy (non-hydrogen) atoms. The van der Waals surface area contributed by atoms with Gasteiger partial charge < -0.3 is 14.4 Å². The van der Waals surface area contributed by atoms with Crippen molar-refractivity contribution in [2.45, 2.75) is 149 Å². The highest BCUT2D eigenvalue weighted by Gasteiger charge is 2.49. The zero-order chi connectivity index (χ0) is 40.6. The standard InChI is InChI=1S/C41H47F3O5S5/c1-37(2,3)22-13-26-21-27(14-22)51-29-16-24(39(7,8)9)18-31(35(29)46)53-33-20-25(40(10,11)12)19-32(36(33)49-54(47,48)41(42,43)44)52-30-17-23(38(4,5)6)15-28(50-26)34(30)45/h13-21,45-46H,1-12H3. The molecule has 0 amide bonds. The normalized spacial score (nSPS) is 14.6.